The van der Waals surface area contributed by atoms with Crippen LogP contribution in [0.3, 0.4) is 0 Å². The van der Waals surface area contributed by atoms with Gasteiger partial charge in [-0.15, -0.1) is 0 Å². The molecule has 0 radical (unpaired) electrons. The molecule has 4 atom stereocenters. The van der Waals surface area contributed by atoms with E-state index in [0.29, 0.717) is 43.6 Å². The number of aliphatic hydroxyl groups excluding tert-OH is 1. The lowest BCUT2D eigenvalue weighted by Gasteiger charge is -2.24. The second-order valence-electron chi connectivity index (χ2n) is 8.58. The van der Waals surface area contributed by atoms with E-state index >= 15 is 0 Å². The summed E-state index contributed by atoms with van der Waals surface area (Å²) in [6, 6.07) is 0. The van der Waals surface area contributed by atoms with E-state index in [1.54, 1.807) is 4.90 Å². The molecule has 0 saturated carbocycles. The number of nitrogens with two attached hydrogens (primary N) is 1. The van der Waals surface area contributed by atoms with E-state index in [4.69, 9.17) is 10.5 Å². The SMILES string of the molecule is Nc1ncnc2c1ncn2[C@@H]1O[C@H](C(=O)NCC(=O)N2CCNCCNCCNCC2)[C@@H](O)[C@H]1C=O. The van der Waals surface area contributed by atoms with Gasteiger partial charge in [0.15, 0.2) is 17.6 Å². The van der Waals surface area contributed by atoms with E-state index in [-0.39, 0.29) is 18.3 Å². The van der Waals surface area contributed by atoms with Crippen LogP contribution < -0.4 is 27.0 Å². The molecule has 2 aromatic rings. The normalized spacial score (nSPS) is 26.2. The maximum atomic E-state index is 12.9. The predicted octanol–water partition coefficient (Wildman–Crippen LogP) is -3.79. The second kappa shape index (κ2) is 12.1. The van der Waals surface area contributed by atoms with Crippen LogP contribution in [-0.2, 0) is 19.1 Å². The van der Waals surface area contributed by atoms with Gasteiger partial charge < -0.3 is 46.5 Å². The first-order chi connectivity index (χ1) is 17.5. The number of aromatic nitrogens is 4. The first-order valence-electron chi connectivity index (χ1n) is 11.9. The lowest BCUT2D eigenvalue weighted by atomic mass is 10.0. The van der Waals surface area contributed by atoms with Gasteiger partial charge in [0, 0.05) is 52.4 Å². The Morgan fingerprint density at radius 2 is 1.78 bits per heavy atom. The molecule has 36 heavy (non-hydrogen) atoms. The molecule has 2 aliphatic rings. The summed E-state index contributed by atoms with van der Waals surface area (Å²) >= 11 is 0. The quantitative estimate of drug-likeness (QED) is 0.217. The summed E-state index contributed by atoms with van der Waals surface area (Å²) in [5.74, 6) is -1.87. The van der Waals surface area contributed by atoms with E-state index in [1.165, 1.54) is 17.2 Å². The van der Waals surface area contributed by atoms with Crippen molar-refractivity contribution in [1.82, 2.24) is 45.7 Å². The number of carbonyl (C=O) groups is 3. The van der Waals surface area contributed by atoms with Gasteiger partial charge in [0.25, 0.3) is 5.91 Å². The van der Waals surface area contributed by atoms with Crippen molar-refractivity contribution in [3.05, 3.63) is 12.7 Å². The summed E-state index contributed by atoms with van der Waals surface area (Å²) in [5.41, 5.74) is 6.43. The number of aliphatic hydroxyl groups is 1. The highest BCUT2D eigenvalue weighted by atomic mass is 16.5. The molecule has 4 heterocycles. The predicted molar refractivity (Wildman–Crippen MR) is 127 cm³/mol. The Bertz CT molecular complexity index is 1050. The third-order valence-corrected chi connectivity index (χ3v) is 6.24. The largest absolute Gasteiger partial charge is 0.389 e. The summed E-state index contributed by atoms with van der Waals surface area (Å²) in [5, 5.41) is 23.1. The smallest absolute Gasteiger partial charge is 0.252 e. The molecule has 2 saturated heterocycles. The molecule has 0 bridgehead atoms. The second-order valence-corrected chi connectivity index (χ2v) is 8.58. The Kier molecular flexibility index (Phi) is 8.71. The molecule has 2 fully saturated rings. The molecule has 0 unspecified atom stereocenters. The van der Waals surface area contributed by atoms with Gasteiger partial charge in [-0.3, -0.25) is 14.2 Å². The molecule has 0 spiro atoms. The minimum Gasteiger partial charge on any atom is -0.389 e. The minimum atomic E-state index is -1.43. The van der Waals surface area contributed by atoms with E-state index in [0.717, 1.165) is 26.2 Å². The number of hydrogen-bond donors (Lipinski definition) is 6. The van der Waals surface area contributed by atoms with Crippen LogP contribution in [0.25, 0.3) is 11.2 Å². The van der Waals surface area contributed by atoms with E-state index < -0.39 is 30.3 Å². The number of rotatable bonds is 5. The average molecular weight is 505 g/mol. The number of nitrogens with zero attached hydrogens (tertiary/aromatic N) is 5. The highest BCUT2D eigenvalue weighted by molar-refractivity contribution is 5.88. The van der Waals surface area contributed by atoms with E-state index in [9.17, 15) is 19.5 Å². The topological polar surface area (TPSA) is 202 Å². The summed E-state index contributed by atoms with van der Waals surface area (Å²) in [4.78, 5) is 51.3. The molecule has 7 N–H and O–H groups in total. The number of anilines is 1. The fraction of sp³-hybridized carbons (Fsp3) is 0.619. The molecule has 4 rings (SSSR count). The monoisotopic (exact) mass is 504 g/mol. The van der Waals surface area contributed by atoms with Gasteiger partial charge in [0.1, 0.15) is 30.5 Å². The van der Waals surface area contributed by atoms with Crippen molar-refractivity contribution >= 4 is 35.1 Å². The van der Waals surface area contributed by atoms with Crippen molar-refractivity contribution < 1.29 is 24.2 Å². The number of hydrogen-bond acceptors (Lipinski definition) is 12. The maximum absolute atomic E-state index is 12.9. The lowest BCUT2D eigenvalue weighted by Crippen LogP contribution is -2.49. The van der Waals surface area contributed by atoms with Crippen molar-refractivity contribution in [3.8, 4) is 0 Å². The number of fused-ring (bicyclic) bond motifs is 1. The number of imidazole rings is 1. The fourth-order valence-corrected chi connectivity index (χ4v) is 4.26. The molecule has 2 aromatic heterocycles. The van der Waals surface area contributed by atoms with Crippen LogP contribution in [0.5, 0.6) is 0 Å². The van der Waals surface area contributed by atoms with Crippen LogP contribution in [0.1, 0.15) is 6.23 Å². The third kappa shape index (κ3) is 5.76. The van der Waals surface area contributed by atoms with Gasteiger partial charge in [-0.2, -0.15) is 0 Å². The number of aldehydes is 1. The molecule has 15 nitrogen and oxygen atoms in total. The summed E-state index contributed by atoms with van der Waals surface area (Å²) < 4.78 is 7.21. The Morgan fingerprint density at radius 1 is 1.11 bits per heavy atom. The Morgan fingerprint density at radius 3 is 2.44 bits per heavy atom. The first-order valence-corrected chi connectivity index (χ1v) is 11.9. The van der Waals surface area contributed by atoms with Gasteiger partial charge in [-0.05, 0) is 0 Å². The molecular formula is C21H32N10O5. The van der Waals surface area contributed by atoms with Gasteiger partial charge >= 0.3 is 0 Å². The van der Waals surface area contributed by atoms with Crippen LogP contribution in [0.4, 0.5) is 5.82 Å². The van der Waals surface area contributed by atoms with Gasteiger partial charge in [-0.25, -0.2) is 15.0 Å². The molecule has 0 aromatic carbocycles. The minimum absolute atomic E-state index is 0.150. The number of ether oxygens (including phenoxy) is 1. The lowest BCUT2D eigenvalue weighted by molar-refractivity contribution is -0.140. The zero-order chi connectivity index (χ0) is 25.5. The standard InChI is InChI=1S/C21H32N10O5/c22-18-15-19(28-11-27-18)31(12-29-15)21-13(10-32)16(34)17(36-21)20(35)26-9-14(33)30-7-5-24-3-1-23-2-4-25-6-8-30/h10-13,16-17,21,23-25,34H,1-9H2,(H,26,35)(H2,22,27,28)/t13-,16+,17+,21-/m1/s1. The summed E-state index contributed by atoms with van der Waals surface area (Å²) in [7, 11) is 0. The van der Waals surface area contributed by atoms with Crippen LogP contribution >= 0.6 is 0 Å². The van der Waals surface area contributed by atoms with Crippen LogP contribution in [-0.4, -0.2) is 119 Å². The summed E-state index contributed by atoms with van der Waals surface area (Å²) in [6.45, 7) is 5.24. The van der Waals surface area contributed by atoms with Crippen LogP contribution in [0.15, 0.2) is 12.7 Å². The number of amides is 2. The zero-order valence-corrected chi connectivity index (χ0v) is 19.8. The van der Waals surface area contributed by atoms with E-state index in [2.05, 4.69) is 36.2 Å². The summed E-state index contributed by atoms with van der Waals surface area (Å²) in [6.07, 6.45) is -0.699. The number of nitrogen functional groups attached to an aromatic ring is 1. The molecule has 2 amide bonds. The van der Waals surface area contributed by atoms with Crippen molar-refractivity contribution in [2.24, 2.45) is 5.92 Å². The molecule has 15 heteroatoms. The fourth-order valence-electron chi connectivity index (χ4n) is 4.26. The van der Waals surface area contributed by atoms with Crippen LogP contribution in [0, 0.1) is 5.92 Å². The van der Waals surface area contributed by atoms with Crippen molar-refractivity contribution in [1.29, 1.82) is 0 Å². The molecule has 196 valence electrons. The Balaban J connectivity index is 1.37. The first kappa shape index (κ1) is 25.8. The van der Waals surface area contributed by atoms with Crippen molar-refractivity contribution in [2.75, 3.05) is 64.6 Å². The highest BCUT2D eigenvalue weighted by Crippen LogP contribution is 2.35. The van der Waals surface area contributed by atoms with Gasteiger partial charge in [-0.1, -0.05) is 0 Å². The third-order valence-electron chi connectivity index (χ3n) is 6.24. The Hall–Kier alpha value is -3.24. The highest BCUT2D eigenvalue weighted by Gasteiger charge is 2.48. The molecule has 2 aliphatic heterocycles. The van der Waals surface area contributed by atoms with E-state index in [1.807, 2.05) is 0 Å². The zero-order valence-electron chi connectivity index (χ0n) is 19.8. The number of carbonyl (C=O) groups excluding carboxylic acids is 3. The van der Waals surface area contributed by atoms with Crippen molar-refractivity contribution in [2.45, 2.75) is 18.4 Å². The molecule has 0 aliphatic carbocycles. The van der Waals surface area contributed by atoms with Gasteiger partial charge in [0.05, 0.1) is 18.8 Å². The maximum Gasteiger partial charge on any atom is 0.252 e. The average Bonchev–Trinajstić information content (AvgIpc) is 3.44. The van der Waals surface area contributed by atoms with Gasteiger partial charge in [0.2, 0.25) is 5.91 Å². The van der Waals surface area contributed by atoms with Crippen LogP contribution in [0.2, 0.25) is 0 Å². The number of nitrogens with one attached hydrogen (secondary N) is 4. The molecular weight excluding hydrogens is 472 g/mol. The van der Waals surface area contributed by atoms with Crippen molar-refractivity contribution in [3.63, 3.8) is 0 Å². The Labute approximate surface area is 207 Å².